The van der Waals surface area contributed by atoms with Gasteiger partial charge in [0, 0.05) is 0 Å². The Bertz CT molecular complexity index is 874. The quantitative estimate of drug-likeness (QED) is 0.524. The van der Waals surface area contributed by atoms with Gasteiger partial charge in [-0.05, 0) is 50.5 Å². The van der Waals surface area contributed by atoms with E-state index in [9.17, 15) is 19.2 Å². The number of hydrazine groups is 1. The summed E-state index contributed by atoms with van der Waals surface area (Å²) in [6.07, 6.45) is 2.05. The number of carbonyl (C=O) groups excluding carboxylic acids is 4. The highest BCUT2D eigenvalue weighted by Crippen LogP contribution is 2.46. The molecule has 5 amide bonds. The summed E-state index contributed by atoms with van der Waals surface area (Å²) in [7, 11) is 0. The Balaban J connectivity index is 1.62. The van der Waals surface area contributed by atoms with Crippen molar-refractivity contribution in [1.29, 1.82) is 0 Å². The lowest BCUT2D eigenvalue weighted by molar-refractivity contribution is -0.137. The van der Waals surface area contributed by atoms with Gasteiger partial charge in [0.2, 0.25) is 0 Å². The van der Waals surface area contributed by atoms with Gasteiger partial charge in [-0.15, -0.1) is 0 Å². The Hall–Kier alpha value is -2.84. The van der Waals surface area contributed by atoms with Crippen LogP contribution >= 0.6 is 0 Å². The standard InChI is InChI=1S/C20H28N4O5/c1-11-7-19(4,5)10-20(8-11)17(27)24(18(28)21-20)9-15(25)22-23-16(26)14-6-12(2)29-13(14)3/h6,11H,7-10H2,1-5H3,(H,21,28)(H,22,25)(H,23,26)/t11-,20-/m0/s1. The summed E-state index contributed by atoms with van der Waals surface area (Å²) < 4.78 is 5.29. The first-order chi connectivity index (χ1) is 13.4. The minimum atomic E-state index is -0.965. The first kappa shape index (κ1) is 20.9. The van der Waals surface area contributed by atoms with Gasteiger partial charge < -0.3 is 9.73 Å². The monoisotopic (exact) mass is 404 g/mol. The maximum absolute atomic E-state index is 13.0. The third kappa shape index (κ3) is 4.13. The van der Waals surface area contributed by atoms with Gasteiger partial charge in [0.05, 0.1) is 5.56 Å². The lowest BCUT2D eigenvalue weighted by Crippen LogP contribution is -2.54. The normalized spacial score (nSPS) is 25.8. The smallest absolute Gasteiger partial charge is 0.325 e. The average Bonchev–Trinajstić information content (AvgIpc) is 3.02. The number of hydrogen-bond donors (Lipinski definition) is 3. The highest BCUT2D eigenvalue weighted by Gasteiger charge is 2.56. The number of rotatable bonds is 3. The predicted molar refractivity (Wildman–Crippen MR) is 104 cm³/mol. The Kier molecular flexibility index (Phi) is 5.19. The molecule has 29 heavy (non-hydrogen) atoms. The van der Waals surface area contributed by atoms with Crippen LogP contribution in [0.25, 0.3) is 0 Å². The molecule has 3 rings (SSSR count). The number of nitrogens with one attached hydrogen (secondary N) is 3. The summed E-state index contributed by atoms with van der Waals surface area (Å²) in [4.78, 5) is 50.8. The number of imide groups is 1. The van der Waals surface area contributed by atoms with Gasteiger partial charge in [-0.1, -0.05) is 20.8 Å². The van der Waals surface area contributed by atoms with Gasteiger partial charge in [0.25, 0.3) is 17.7 Å². The summed E-state index contributed by atoms with van der Waals surface area (Å²) in [5, 5.41) is 2.82. The van der Waals surface area contributed by atoms with Crippen LogP contribution in [0, 0.1) is 25.2 Å². The van der Waals surface area contributed by atoms with Crippen LogP contribution in [0.2, 0.25) is 0 Å². The zero-order valence-corrected chi connectivity index (χ0v) is 17.5. The highest BCUT2D eigenvalue weighted by atomic mass is 16.3. The molecule has 1 aliphatic heterocycles. The van der Waals surface area contributed by atoms with Crippen LogP contribution in [0.1, 0.15) is 61.9 Å². The van der Waals surface area contributed by atoms with Crippen LogP contribution in [0.4, 0.5) is 4.79 Å². The second-order valence-electron chi connectivity index (χ2n) is 9.09. The van der Waals surface area contributed by atoms with E-state index in [1.807, 2.05) is 0 Å². The Morgan fingerprint density at radius 2 is 1.93 bits per heavy atom. The molecule has 0 unspecified atom stereocenters. The fourth-order valence-corrected chi connectivity index (χ4v) is 4.88. The van der Waals surface area contributed by atoms with Crippen LogP contribution in [0.5, 0.6) is 0 Å². The van der Waals surface area contributed by atoms with E-state index >= 15 is 0 Å². The van der Waals surface area contributed by atoms with Crippen molar-refractivity contribution >= 4 is 23.8 Å². The van der Waals surface area contributed by atoms with Crippen molar-refractivity contribution in [2.24, 2.45) is 11.3 Å². The van der Waals surface area contributed by atoms with Crippen LogP contribution in [-0.2, 0) is 9.59 Å². The molecule has 2 aliphatic rings. The zero-order chi connectivity index (χ0) is 21.6. The molecule has 2 atom stereocenters. The number of amides is 5. The van der Waals surface area contributed by atoms with E-state index in [0.29, 0.717) is 29.9 Å². The highest BCUT2D eigenvalue weighted by molar-refractivity contribution is 6.09. The average molecular weight is 404 g/mol. The van der Waals surface area contributed by atoms with Crippen molar-refractivity contribution in [2.75, 3.05) is 6.54 Å². The topological polar surface area (TPSA) is 121 Å². The maximum Gasteiger partial charge on any atom is 0.325 e. The van der Waals surface area contributed by atoms with Gasteiger partial charge >= 0.3 is 6.03 Å². The van der Waals surface area contributed by atoms with E-state index in [2.05, 4.69) is 36.9 Å². The number of hydrogen-bond acceptors (Lipinski definition) is 5. The molecule has 1 aliphatic carbocycles. The van der Waals surface area contributed by atoms with Crippen molar-refractivity contribution in [3.05, 3.63) is 23.2 Å². The molecule has 9 nitrogen and oxygen atoms in total. The number of urea groups is 1. The van der Waals surface area contributed by atoms with E-state index in [4.69, 9.17) is 4.42 Å². The molecule has 0 aromatic carbocycles. The maximum atomic E-state index is 13.0. The van der Waals surface area contributed by atoms with E-state index in [1.165, 1.54) is 0 Å². The van der Waals surface area contributed by atoms with Gasteiger partial charge in [-0.25, -0.2) is 4.79 Å². The first-order valence-electron chi connectivity index (χ1n) is 9.73. The van der Waals surface area contributed by atoms with Crippen molar-refractivity contribution < 1.29 is 23.6 Å². The van der Waals surface area contributed by atoms with Gasteiger partial charge in [-0.3, -0.25) is 30.1 Å². The van der Waals surface area contributed by atoms with Crippen LogP contribution in [-0.4, -0.2) is 40.7 Å². The summed E-state index contributed by atoms with van der Waals surface area (Å²) in [5.74, 6) is -0.306. The molecule has 2 fully saturated rings. The second-order valence-corrected chi connectivity index (χ2v) is 9.09. The molecule has 9 heteroatoms. The molecule has 1 saturated carbocycles. The van der Waals surface area contributed by atoms with Crippen molar-refractivity contribution in [3.63, 3.8) is 0 Å². The summed E-state index contributed by atoms with van der Waals surface area (Å²) in [6.45, 7) is 9.10. The van der Waals surface area contributed by atoms with Crippen molar-refractivity contribution in [2.45, 2.75) is 59.4 Å². The van der Waals surface area contributed by atoms with Gasteiger partial charge in [0.15, 0.2) is 0 Å². The van der Waals surface area contributed by atoms with Crippen molar-refractivity contribution in [1.82, 2.24) is 21.1 Å². The van der Waals surface area contributed by atoms with Crippen LogP contribution in [0.3, 0.4) is 0 Å². The lowest BCUT2D eigenvalue weighted by atomic mass is 9.64. The third-order valence-corrected chi connectivity index (χ3v) is 5.53. The molecule has 1 aromatic heterocycles. The molecule has 1 aromatic rings. The fourth-order valence-electron chi connectivity index (χ4n) is 4.88. The molecule has 1 spiro atoms. The predicted octanol–water partition coefficient (Wildman–Crippen LogP) is 1.79. The fraction of sp³-hybridized carbons (Fsp3) is 0.600. The van der Waals surface area contributed by atoms with E-state index in [1.54, 1.807) is 19.9 Å². The number of nitrogens with zero attached hydrogens (tertiary/aromatic N) is 1. The number of carbonyl (C=O) groups is 4. The molecular weight excluding hydrogens is 376 g/mol. The number of furan rings is 1. The third-order valence-electron chi connectivity index (χ3n) is 5.53. The molecule has 1 saturated heterocycles. The van der Waals surface area contributed by atoms with Crippen molar-refractivity contribution in [3.8, 4) is 0 Å². The zero-order valence-electron chi connectivity index (χ0n) is 17.5. The first-order valence-corrected chi connectivity index (χ1v) is 9.73. The minimum Gasteiger partial charge on any atom is -0.466 e. The molecule has 0 radical (unpaired) electrons. The molecular formula is C20H28N4O5. The summed E-state index contributed by atoms with van der Waals surface area (Å²) in [6, 6.07) is 0.979. The van der Waals surface area contributed by atoms with Crippen LogP contribution in [0.15, 0.2) is 10.5 Å². The van der Waals surface area contributed by atoms with Crippen LogP contribution < -0.4 is 16.2 Å². The summed E-state index contributed by atoms with van der Waals surface area (Å²) in [5.41, 5.74) is 3.77. The molecule has 2 heterocycles. The minimum absolute atomic E-state index is 0.0898. The molecule has 158 valence electrons. The lowest BCUT2D eigenvalue weighted by Gasteiger charge is -2.43. The molecule has 0 bridgehead atoms. The Morgan fingerprint density at radius 1 is 1.24 bits per heavy atom. The Labute approximate surface area is 169 Å². The van der Waals surface area contributed by atoms with E-state index < -0.39 is 29.9 Å². The summed E-state index contributed by atoms with van der Waals surface area (Å²) >= 11 is 0. The SMILES string of the molecule is Cc1cc(C(=O)NNC(=O)CN2C(=O)N[C@]3(C[C@@H](C)CC(C)(C)C3)C2=O)c(C)o1. The van der Waals surface area contributed by atoms with Gasteiger partial charge in [0.1, 0.15) is 23.6 Å². The largest absolute Gasteiger partial charge is 0.466 e. The van der Waals surface area contributed by atoms with E-state index in [0.717, 1.165) is 11.3 Å². The second kappa shape index (κ2) is 7.20. The molecule has 3 N–H and O–H groups in total. The number of aryl methyl sites for hydroxylation is 2. The Morgan fingerprint density at radius 3 is 2.52 bits per heavy atom. The van der Waals surface area contributed by atoms with E-state index in [-0.39, 0.29) is 17.2 Å². The van der Waals surface area contributed by atoms with Gasteiger partial charge in [-0.2, -0.15) is 0 Å².